The lowest BCUT2D eigenvalue weighted by Gasteiger charge is -2.04. The summed E-state index contributed by atoms with van der Waals surface area (Å²) in [6, 6.07) is 0. The van der Waals surface area contributed by atoms with Gasteiger partial charge in [0, 0.05) is 5.57 Å². The predicted octanol–water partition coefficient (Wildman–Crippen LogP) is -0.202. The molecule has 102 valence electrons. The summed E-state index contributed by atoms with van der Waals surface area (Å²) in [6.07, 6.45) is 1.67. The fraction of sp³-hybridized carbons (Fsp3) is 0. The first-order chi connectivity index (χ1) is 9.25. The predicted molar refractivity (Wildman–Crippen MR) is 60.8 cm³/mol. The van der Waals surface area contributed by atoms with Gasteiger partial charge in [-0.2, -0.15) is 0 Å². The largest absolute Gasteiger partial charge is 0.478 e. The van der Waals surface area contributed by atoms with Crippen molar-refractivity contribution in [1.82, 2.24) is 0 Å². The molecule has 0 radical (unpaired) electrons. The highest BCUT2D eigenvalue weighted by Gasteiger charge is 2.40. The second-order valence-corrected chi connectivity index (χ2v) is 3.91. The molecule has 0 atom stereocenters. The van der Waals surface area contributed by atoms with E-state index in [0.717, 1.165) is 12.2 Å². The van der Waals surface area contributed by atoms with Gasteiger partial charge in [0.25, 0.3) is 0 Å². The Labute approximate surface area is 110 Å². The van der Waals surface area contributed by atoms with Crippen LogP contribution in [-0.2, 0) is 19.2 Å². The average molecular weight is 278 g/mol. The number of rotatable bonds is 4. The van der Waals surface area contributed by atoms with Crippen LogP contribution in [-0.4, -0.2) is 44.3 Å². The van der Waals surface area contributed by atoms with Crippen LogP contribution >= 0.6 is 0 Å². The molecule has 0 aromatic rings. The standard InChI is InChI=1S/C12H6O8/c13-9(14)4-2-5(10(15)16)7-3(4)1-6(11(17)18)8(7)12(19)20/h1-2H,(H,13,14)(H,15,16)(H,17,18)(H,19,20). The Morgan fingerprint density at radius 3 is 1.65 bits per heavy atom. The third kappa shape index (κ3) is 1.70. The van der Waals surface area contributed by atoms with Gasteiger partial charge in [-0.1, -0.05) is 0 Å². The van der Waals surface area contributed by atoms with E-state index in [1.807, 2.05) is 0 Å². The maximum atomic E-state index is 11.2. The number of hydrogen-bond acceptors (Lipinski definition) is 4. The minimum absolute atomic E-state index is 0.218. The van der Waals surface area contributed by atoms with Crippen LogP contribution in [0.1, 0.15) is 0 Å². The average Bonchev–Trinajstić information content (AvgIpc) is 2.82. The summed E-state index contributed by atoms with van der Waals surface area (Å²) in [7, 11) is 0. The summed E-state index contributed by atoms with van der Waals surface area (Å²) >= 11 is 0. The number of carbonyl (C=O) groups is 4. The molecule has 4 N–H and O–H groups in total. The molecule has 0 bridgehead atoms. The van der Waals surface area contributed by atoms with Gasteiger partial charge in [0.05, 0.1) is 22.3 Å². The van der Waals surface area contributed by atoms with Gasteiger partial charge in [-0.05, 0) is 17.7 Å². The normalized spacial score (nSPS) is 16.8. The van der Waals surface area contributed by atoms with E-state index in [1.165, 1.54) is 0 Å². The van der Waals surface area contributed by atoms with Crippen LogP contribution in [0.4, 0.5) is 0 Å². The highest BCUT2D eigenvalue weighted by molar-refractivity contribution is 6.15. The first-order valence-electron chi connectivity index (χ1n) is 5.12. The van der Waals surface area contributed by atoms with E-state index in [2.05, 4.69) is 0 Å². The van der Waals surface area contributed by atoms with E-state index in [4.69, 9.17) is 20.4 Å². The zero-order valence-electron chi connectivity index (χ0n) is 9.58. The van der Waals surface area contributed by atoms with Gasteiger partial charge in [-0.25, -0.2) is 19.2 Å². The fourth-order valence-electron chi connectivity index (χ4n) is 2.08. The monoisotopic (exact) mass is 278 g/mol. The Balaban J connectivity index is 2.76. The first kappa shape index (κ1) is 13.3. The van der Waals surface area contributed by atoms with E-state index in [-0.39, 0.29) is 11.1 Å². The third-order valence-corrected chi connectivity index (χ3v) is 2.83. The molecule has 0 aromatic heterocycles. The number of hydrogen-bond donors (Lipinski definition) is 4. The molecule has 2 rings (SSSR count). The van der Waals surface area contributed by atoms with E-state index in [1.54, 1.807) is 0 Å². The van der Waals surface area contributed by atoms with E-state index in [9.17, 15) is 19.2 Å². The van der Waals surface area contributed by atoms with Crippen LogP contribution in [0.2, 0.25) is 0 Å². The topological polar surface area (TPSA) is 149 Å². The molecular weight excluding hydrogens is 272 g/mol. The lowest BCUT2D eigenvalue weighted by molar-refractivity contribution is -0.135. The van der Waals surface area contributed by atoms with Crippen LogP contribution < -0.4 is 0 Å². The van der Waals surface area contributed by atoms with E-state index in [0.29, 0.717) is 0 Å². The molecular formula is C12H6O8. The van der Waals surface area contributed by atoms with Crippen molar-refractivity contribution in [2.45, 2.75) is 0 Å². The Bertz CT molecular complexity index is 714. The molecule has 0 spiro atoms. The zero-order chi connectivity index (χ0) is 15.2. The molecule has 2 aliphatic rings. The van der Waals surface area contributed by atoms with Crippen molar-refractivity contribution in [3.05, 3.63) is 45.6 Å². The van der Waals surface area contributed by atoms with Crippen molar-refractivity contribution < 1.29 is 39.6 Å². The van der Waals surface area contributed by atoms with E-state index >= 15 is 0 Å². The van der Waals surface area contributed by atoms with Gasteiger partial charge in [0.2, 0.25) is 0 Å². The molecule has 0 heterocycles. The SMILES string of the molecule is O=C(O)C1=CC(C(=O)O)=C2C1=CC(C(=O)O)=C2C(=O)O. The van der Waals surface area contributed by atoms with Crippen LogP contribution in [0.15, 0.2) is 45.6 Å². The van der Waals surface area contributed by atoms with Crippen molar-refractivity contribution in [2.75, 3.05) is 0 Å². The van der Waals surface area contributed by atoms with Crippen LogP contribution in [0.5, 0.6) is 0 Å². The van der Waals surface area contributed by atoms with Gasteiger partial charge >= 0.3 is 23.9 Å². The molecule has 20 heavy (non-hydrogen) atoms. The van der Waals surface area contributed by atoms with Crippen molar-refractivity contribution in [3.63, 3.8) is 0 Å². The van der Waals surface area contributed by atoms with Crippen molar-refractivity contribution in [3.8, 4) is 0 Å². The molecule has 0 aromatic carbocycles. The van der Waals surface area contributed by atoms with Crippen molar-refractivity contribution in [2.24, 2.45) is 0 Å². The molecule has 8 heteroatoms. The molecule has 0 aliphatic heterocycles. The Kier molecular flexibility index (Phi) is 2.78. The van der Waals surface area contributed by atoms with Crippen LogP contribution in [0, 0.1) is 0 Å². The highest BCUT2D eigenvalue weighted by atomic mass is 16.4. The lowest BCUT2D eigenvalue weighted by Crippen LogP contribution is -2.11. The maximum absolute atomic E-state index is 11.2. The smallest absolute Gasteiger partial charge is 0.337 e. The minimum Gasteiger partial charge on any atom is -0.478 e. The zero-order valence-corrected chi connectivity index (χ0v) is 9.58. The quantitative estimate of drug-likeness (QED) is 0.552. The number of carboxylic acid groups (broad SMARTS) is 4. The molecule has 0 saturated heterocycles. The Hall–Kier alpha value is -3.16. The lowest BCUT2D eigenvalue weighted by atomic mass is 9.99. The summed E-state index contributed by atoms with van der Waals surface area (Å²) < 4.78 is 0. The Morgan fingerprint density at radius 1 is 0.700 bits per heavy atom. The van der Waals surface area contributed by atoms with Crippen molar-refractivity contribution >= 4 is 23.9 Å². The summed E-state index contributed by atoms with van der Waals surface area (Å²) in [4.78, 5) is 44.2. The van der Waals surface area contributed by atoms with Gasteiger partial charge in [-0.3, -0.25) is 0 Å². The second kappa shape index (κ2) is 4.19. The van der Waals surface area contributed by atoms with Gasteiger partial charge in [-0.15, -0.1) is 0 Å². The fourth-order valence-corrected chi connectivity index (χ4v) is 2.08. The minimum atomic E-state index is -1.64. The molecule has 2 aliphatic carbocycles. The summed E-state index contributed by atoms with van der Waals surface area (Å²) in [5, 5.41) is 36.0. The van der Waals surface area contributed by atoms with Gasteiger partial charge < -0.3 is 20.4 Å². The molecule has 0 amide bonds. The molecule has 0 fully saturated rings. The highest BCUT2D eigenvalue weighted by Crippen LogP contribution is 2.43. The summed E-state index contributed by atoms with van der Waals surface area (Å²) in [6.45, 7) is 0. The summed E-state index contributed by atoms with van der Waals surface area (Å²) in [5.41, 5.74) is -2.98. The molecule has 0 unspecified atom stereocenters. The van der Waals surface area contributed by atoms with E-state index < -0.39 is 46.2 Å². The second-order valence-electron chi connectivity index (χ2n) is 3.91. The maximum Gasteiger partial charge on any atom is 0.337 e. The number of carboxylic acids is 4. The van der Waals surface area contributed by atoms with Crippen LogP contribution in [0.3, 0.4) is 0 Å². The number of fused-ring (bicyclic) bond motifs is 1. The molecule has 8 nitrogen and oxygen atoms in total. The Morgan fingerprint density at radius 2 is 1.25 bits per heavy atom. The number of aliphatic carboxylic acids is 4. The summed E-state index contributed by atoms with van der Waals surface area (Å²) in [5.74, 6) is -6.22. The molecule has 0 saturated carbocycles. The first-order valence-corrected chi connectivity index (χ1v) is 5.12. The third-order valence-electron chi connectivity index (χ3n) is 2.83. The van der Waals surface area contributed by atoms with Gasteiger partial charge in [0.1, 0.15) is 0 Å². The van der Waals surface area contributed by atoms with Gasteiger partial charge in [0.15, 0.2) is 0 Å². The van der Waals surface area contributed by atoms with Crippen LogP contribution in [0.25, 0.3) is 0 Å². The van der Waals surface area contributed by atoms with Crippen molar-refractivity contribution in [1.29, 1.82) is 0 Å².